The molecule has 0 aliphatic carbocycles. The number of carbonyl (C=O) groups excluding carboxylic acids is 1. The number of hydrogen-bond acceptors (Lipinski definition) is 5. The van der Waals surface area contributed by atoms with Crippen molar-refractivity contribution in [3.05, 3.63) is 83.2 Å². The van der Waals surface area contributed by atoms with Gasteiger partial charge in [0.1, 0.15) is 17.5 Å². The number of esters is 1. The van der Waals surface area contributed by atoms with Crippen LogP contribution >= 0.6 is 0 Å². The Morgan fingerprint density at radius 2 is 1.50 bits per heavy atom. The van der Waals surface area contributed by atoms with Gasteiger partial charge in [-0.3, -0.25) is 0 Å². The molecule has 0 atom stereocenters. The summed E-state index contributed by atoms with van der Waals surface area (Å²) in [5, 5.41) is 17.8. The number of pyridine rings is 1. The minimum atomic E-state index is -0.580. The molecule has 0 fully saturated rings. The summed E-state index contributed by atoms with van der Waals surface area (Å²) in [4.78, 5) is 16.3. The number of benzene rings is 2. The normalized spacial score (nSPS) is 9.81. The molecule has 124 valence electrons. The van der Waals surface area contributed by atoms with Gasteiger partial charge in [0.2, 0.25) is 0 Å². The molecule has 5 nitrogen and oxygen atoms in total. The molecule has 0 amide bonds. The van der Waals surface area contributed by atoms with Crippen LogP contribution in [0.15, 0.2) is 60.7 Å². The van der Waals surface area contributed by atoms with Crippen molar-refractivity contribution in [1.82, 2.24) is 4.98 Å². The third-order valence-corrected chi connectivity index (χ3v) is 3.83. The van der Waals surface area contributed by atoms with Gasteiger partial charge in [-0.15, -0.1) is 0 Å². The molecule has 0 spiro atoms. The highest BCUT2D eigenvalue weighted by atomic mass is 16.5. The molecule has 0 saturated carbocycles. The predicted molar refractivity (Wildman–Crippen MR) is 95.2 cm³/mol. The highest BCUT2D eigenvalue weighted by Gasteiger charge is 2.12. The number of hydrogen-bond donors (Lipinski definition) is 0. The summed E-state index contributed by atoms with van der Waals surface area (Å²) in [5.41, 5.74) is 3.57. The Morgan fingerprint density at radius 1 is 0.885 bits per heavy atom. The van der Waals surface area contributed by atoms with Crippen LogP contribution in [0.4, 0.5) is 0 Å². The van der Waals surface area contributed by atoms with E-state index < -0.39 is 5.97 Å². The third-order valence-electron chi connectivity index (χ3n) is 3.83. The van der Waals surface area contributed by atoms with Crippen molar-refractivity contribution < 1.29 is 9.53 Å². The van der Waals surface area contributed by atoms with Crippen LogP contribution in [0.1, 0.15) is 27.3 Å². The lowest BCUT2D eigenvalue weighted by molar-refractivity contribution is 0.0728. The minimum absolute atomic E-state index is 0.151. The quantitative estimate of drug-likeness (QED) is 0.531. The monoisotopic (exact) mass is 339 g/mol. The highest BCUT2D eigenvalue weighted by Crippen LogP contribution is 2.23. The molecule has 0 N–H and O–H groups in total. The first-order valence-corrected chi connectivity index (χ1v) is 7.81. The zero-order chi connectivity index (χ0) is 18.5. The van der Waals surface area contributed by atoms with Crippen molar-refractivity contribution in [3.8, 4) is 29.0 Å². The number of carbonyl (C=O) groups is 1. The molecule has 1 heterocycles. The summed E-state index contributed by atoms with van der Waals surface area (Å²) in [6, 6.07) is 21.4. The van der Waals surface area contributed by atoms with E-state index in [0.29, 0.717) is 22.6 Å². The van der Waals surface area contributed by atoms with Gasteiger partial charge in [-0.05, 0) is 54.4 Å². The molecule has 0 aliphatic rings. The molecule has 0 saturated heterocycles. The standard InChI is InChI=1S/C21H13N3O2/c1-14-18(13-23)8-11-20(24-14)21(25)26-19-9-6-17(7-10-19)16-4-2-15(12-22)3-5-16/h2-11H,1H3. The Morgan fingerprint density at radius 3 is 2.04 bits per heavy atom. The molecule has 0 bridgehead atoms. The van der Waals surface area contributed by atoms with Crippen molar-refractivity contribution in [2.24, 2.45) is 0 Å². The lowest BCUT2D eigenvalue weighted by atomic mass is 10.0. The maximum absolute atomic E-state index is 12.2. The first kappa shape index (κ1) is 16.9. The van der Waals surface area contributed by atoms with Crippen molar-refractivity contribution in [2.45, 2.75) is 6.92 Å². The summed E-state index contributed by atoms with van der Waals surface area (Å²) in [5.74, 6) is -0.181. The zero-order valence-electron chi connectivity index (χ0n) is 13.9. The van der Waals surface area contributed by atoms with Crippen molar-refractivity contribution in [3.63, 3.8) is 0 Å². The number of aryl methyl sites for hydroxylation is 1. The van der Waals surface area contributed by atoms with Gasteiger partial charge in [-0.2, -0.15) is 10.5 Å². The van der Waals surface area contributed by atoms with Crippen molar-refractivity contribution in [1.29, 1.82) is 10.5 Å². The van der Waals surface area contributed by atoms with E-state index in [0.717, 1.165) is 11.1 Å². The maximum atomic E-state index is 12.2. The fourth-order valence-electron chi connectivity index (χ4n) is 2.40. The maximum Gasteiger partial charge on any atom is 0.362 e. The fourth-order valence-corrected chi connectivity index (χ4v) is 2.40. The summed E-state index contributed by atoms with van der Waals surface area (Å²) in [7, 11) is 0. The van der Waals surface area contributed by atoms with Crippen LogP contribution in [-0.2, 0) is 0 Å². The predicted octanol–water partition coefficient (Wildman–Crippen LogP) is 4.02. The van der Waals surface area contributed by atoms with Crippen LogP contribution < -0.4 is 4.74 Å². The molecular weight excluding hydrogens is 326 g/mol. The fraction of sp³-hybridized carbons (Fsp3) is 0.0476. The summed E-state index contributed by atoms with van der Waals surface area (Å²) >= 11 is 0. The molecule has 3 rings (SSSR count). The molecule has 0 aliphatic heterocycles. The van der Waals surface area contributed by atoms with Crippen LogP contribution in [0.3, 0.4) is 0 Å². The van der Waals surface area contributed by atoms with Crippen LogP contribution in [0.25, 0.3) is 11.1 Å². The number of nitriles is 2. The number of rotatable bonds is 3. The number of nitrogens with zero attached hydrogens (tertiary/aromatic N) is 3. The van der Waals surface area contributed by atoms with E-state index in [-0.39, 0.29) is 5.69 Å². The largest absolute Gasteiger partial charge is 0.422 e. The van der Waals surface area contributed by atoms with E-state index >= 15 is 0 Å². The van der Waals surface area contributed by atoms with Crippen molar-refractivity contribution >= 4 is 5.97 Å². The molecule has 0 unspecified atom stereocenters. The molecule has 0 radical (unpaired) electrons. The summed E-state index contributed by atoms with van der Waals surface area (Å²) in [6.45, 7) is 1.67. The van der Waals surface area contributed by atoms with Gasteiger partial charge in [-0.25, -0.2) is 9.78 Å². The van der Waals surface area contributed by atoms with Gasteiger partial charge in [-0.1, -0.05) is 24.3 Å². The zero-order valence-corrected chi connectivity index (χ0v) is 13.9. The second kappa shape index (κ2) is 7.29. The smallest absolute Gasteiger partial charge is 0.362 e. The summed E-state index contributed by atoms with van der Waals surface area (Å²) in [6.07, 6.45) is 0. The van der Waals surface area contributed by atoms with E-state index in [2.05, 4.69) is 11.1 Å². The van der Waals surface area contributed by atoms with Crippen LogP contribution in [0.5, 0.6) is 5.75 Å². The third kappa shape index (κ3) is 3.58. The second-order valence-electron chi connectivity index (χ2n) is 5.54. The highest BCUT2D eigenvalue weighted by molar-refractivity contribution is 5.89. The molecule has 3 aromatic rings. The Balaban J connectivity index is 1.74. The van der Waals surface area contributed by atoms with Crippen molar-refractivity contribution in [2.75, 3.05) is 0 Å². The number of ether oxygens (including phenoxy) is 1. The van der Waals surface area contributed by atoms with E-state index in [1.165, 1.54) is 6.07 Å². The van der Waals surface area contributed by atoms with Crippen LogP contribution in [0.2, 0.25) is 0 Å². The van der Waals surface area contributed by atoms with E-state index in [1.807, 2.05) is 30.3 Å². The topological polar surface area (TPSA) is 86.8 Å². The molecule has 26 heavy (non-hydrogen) atoms. The second-order valence-corrected chi connectivity index (χ2v) is 5.54. The molecule has 1 aromatic heterocycles. The van der Waals surface area contributed by atoms with Gasteiger partial charge >= 0.3 is 5.97 Å². The lowest BCUT2D eigenvalue weighted by Gasteiger charge is -2.07. The molecule has 5 heteroatoms. The lowest BCUT2D eigenvalue weighted by Crippen LogP contribution is -2.11. The average molecular weight is 339 g/mol. The number of aromatic nitrogens is 1. The Hall–Kier alpha value is -3.96. The van der Waals surface area contributed by atoms with E-state index in [4.69, 9.17) is 15.3 Å². The van der Waals surface area contributed by atoms with Gasteiger partial charge in [0.05, 0.1) is 22.9 Å². The van der Waals surface area contributed by atoms with E-state index in [1.54, 1.807) is 37.3 Å². The van der Waals surface area contributed by atoms with Gasteiger partial charge in [0.15, 0.2) is 0 Å². The summed E-state index contributed by atoms with van der Waals surface area (Å²) < 4.78 is 5.33. The Bertz CT molecular complexity index is 1040. The van der Waals surface area contributed by atoms with Gasteiger partial charge in [0.25, 0.3) is 0 Å². The first-order chi connectivity index (χ1) is 12.6. The molecule has 2 aromatic carbocycles. The molecular formula is C21H13N3O2. The van der Waals surface area contributed by atoms with E-state index in [9.17, 15) is 4.79 Å². The van der Waals surface area contributed by atoms with Gasteiger partial charge < -0.3 is 4.74 Å². The van der Waals surface area contributed by atoms with Gasteiger partial charge in [0, 0.05) is 0 Å². The van der Waals surface area contributed by atoms with Crippen LogP contribution in [0, 0.1) is 29.6 Å². The minimum Gasteiger partial charge on any atom is -0.422 e. The first-order valence-electron chi connectivity index (χ1n) is 7.81. The average Bonchev–Trinajstić information content (AvgIpc) is 2.68. The van der Waals surface area contributed by atoms with Crippen LogP contribution in [-0.4, -0.2) is 11.0 Å². The Labute approximate surface area is 150 Å². The Kier molecular flexibility index (Phi) is 4.74. The SMILES string of the molecule is Cc1nc(C(=O)Oc2ccc(-c3ccc(C#N)cc3)cc2)ccc1C#N.